The standard InChI is InChI=1S/C40H51ClF3N5O9S/c1-6-16-56-31-19-28-27(12-9-13-29(28)41)34(45-31)57-25-18-30-33(50)47-39(36(52)48-59(54,55)26-14-15-26)20-24(39)11-8-7-10-22(2)17-23(3)32(35(51)49(30)21-25)46-37(53)58-38(4,5)40(42,43)44/h8-9,11-13,19,22-26,30,32H,6-7,10,14-18,20-21H2,1-5H3,(H,46,53)(H,47,50)(H,48,52)/b11-8-/t22-,23-,24-,25-,30+,32+,39-/m1/s1. The zero-order valence-electron chi connectivity index (χ0n) is 33.6. The summed E-state index contributed by atoms with van der Waals surface area (Å²) in [6.07, 6.45) is -0.751. The van der Waals surface area contributed by atoms with Crippen LogP contribution in [0.3, 0.4) is 0 Å². The minimum atomic E-state index is -4.92. The molecular weight excluding hydrogens is 819 g/mol. The number of nitrogens with zero attached hydrogens (tertiary/aromatic N) is 2. The SMILES string of the molecule is CCCOc1cc2c(Cl)cccc2c(O[C@@H]2C[C@H]3C(=O)N[C@]4(C(=O)NS(=O)(=O)C5CC5)C[C@H]4/C=C\CC[C@@H](C)C[C@@H](C)[C@H](NC(=O)OC(C)(C)C(F)(F)F)C(=O)N3C2)n1. The highest BCUT2D eigenvalue weighted by Gasteiger charge is 2.62. The van der Waals surface area contributed by atoms with Crippen LogP contribution in [0.5, 0.6) is 11.8 Å². The van der Waals surface area contributed by atoms with Gasteiger partial charge in [-0.15, -0.1) is 0 Å². The molecule has 19 heteroatoms. The zero-order valence-corrected chi connectivity index (χ0v) is 35.1. The topological polar surface area (TPSA) is 182 Å². The minimum absolute atomic E-state index is 0.0472. The van der Waals surface area contributed by atoms with Crippen LogP contribution in [-0.4, -0.2) is 96.0 Å². The molecule has 3 N–H and O–H groups in total. The van der Waals surface area contributed by atoms with Gasteiger partial charge in [0, 0.05) is 34.2 Å². The Morgan fingerprint density at radius 1 is 1.10 bits per heavy atom. The van der Waals surface area contributed by atoms with Crippen molar-refractivity contribution in [3.8, 4) is 11.8 Å². The van der Waals surface area contributed by atoms with Crippen LogP contribution in [-0.2, 0) is 29.1 Å². The largest absolute Gasteiger partial charge is 0.478 e. The normalized spacial score (nSPS) is 28.6. The van der Waals surface area contributed by atoms with E-state index in [0.717, 1.165) is 0 Å². The molecule has 2 aromatic rings. The van der Waals surface area contributed by atoms with Crippen molar-refractivity contribution >= 4 is 56.2 Å². The van der Waals surface area contributed by atoms with Gasteiger partial charge in [-0.05, 0) is 82.8 Å². The summed E-state index contributed by atoms with van der Waals surface area (Å²) in [7, 11) is -3.99. The number of halogens is 4. The number of ether oxygens (including phenoxy) is 3. The van der Waals surface area contributed by atoms with E-state index in [1.54, 1.807) is 37.3 Å². The average molecular weight is 870 g/mol. The molecular formula is C40H51ClF3N5O9S. The maximum absolute atomic E-state index is 14.8. The van der Waals surface area contributed by atoms with Gasteiger partial charge >= 0.3 is 12.3 Å². The molecule has 2 saturated carbocycles. The molecule has 0 unspecified atom stereocenters. The Hall–Kier alpha value is -4.32. The van der Waals surface area contributed by atoms with Crippen molar-refractivity contribution in [2.24, 2.45) is 17.8 Å². The third-order valence-corrected chi connectivity index (χ3v) is 13.6. The summed E-state index contributed by atoms with van der Waals surface area (Å²) in [5, 5.41) is 5.93. The fraction of sp³-hybridized carbons (Fsp3) is 0.625. The number of alkyl halides is 3. The van der Waals surface area contributed by atoms with Crippen molar-refractivity contribution in [2.45, 2.75) is 127 Å². The third kappa shape index (κ3) is 9.84. The number of nitrogens with one attached hydrogen (secondary N) is 3. The van der Waals surface area contributed by atoms with E-state index in [4.69, 9.17) is 25.8 Å². The number of allylic oxidation sites excluding steroid dienone is 1. The quantitative estimate of drug-likeness (QED) is 0.241. The van der Waals surface area contributed by atoms with Crippen molar-refractivity contribution in [3.63, 3.8) is 0 Å². The van der Waals surface area contributed by atoms with Gasteiger partial charge in [0.2, 0.25) is 39.2 Å². The number of carbonyl (C=O) groups excluding carboxylic acids is 4. The van der Waals surface area contributed by atoms with Crippen LogP contribution in [0.15, 0.2) is 36.4 Å². The first-order valence-electron chi connectivity index (χ1n) is 20.0. The molecule has 2 aliphatic carbocycles. The van der Waals surface area contributed by atoms with E-state index in [-0.39, 0.29) is 37.1 Å². The summed E-state index contributed by atoms with van der Waals surface area (Å²) in [5.41, 5.74) is -4.54. The van der Waals surface area contributed by atoms with E-state index in [0.29, 0.717) is 74.8 Å². The van der Waals surface area contributed by atoms with Crippen LogP contribution in [0.4, 0.5) is 18.0 Å². The maximum atomic E-state index is 14.8. The van der Waals surface area contributed by atoms with E-state index in [1.165, 1.54) is 4.90 Å². The first-order valence-corrected chi connectivity index (χ1v) is 21.9. The van der Waals surface area contributed by atoms with Crippen molar-refractivity contribution in [2.75, 3.05) is 13.2 Å². The van der Waals surface area contributed by atoms with Crippen LogP contribution in [0.2, 0.25) is 5.02 Å². The lowest BCUT2D eigenvalue weighted by Crippen LogP contribution is -2.59. The molecule has 324 valence electrons. The van der Waals surface area contributed by atoms with Gasteiger partial charge in [-0.25, -0.2) is 13.2 Å². The van der Waals surface area contributed by atoms with Gasteiger partial charge in [0.15, 0.2) is 0 Å². The molecule has 3 heterocycles. The number of amides is 4. The van der Waals surface area contributed by atoms with E-state index in [9.17, 15) is 40.8 Å². The molecule has 4 aliphatic rings. The van der Waals surface area contributed by atoms with E-state index in [2.05, 4.69) is 20.3 Å². The number of alkyl carbamates (subject to hydrolysis) is 1. The highest BCUT2D eigenvalue weighted by molar-refractivity contribution is 7.91. The molecule has 1 saturated heterocycles. The molecule has 59 heavy (non-hydrogen) atoms. The van der Waals surface area contributed by atoms with Crippen LogP contribution < -0.4 is 24.8 Å². The second-order valence-electron chi connectivity index (χ2n) is 16.7. The van der Waals surface area contributed by atoms with Crippen LogP contribution >= 0.6 is 11.6 Å². The van der Waals surface area contributed by atoms with E-state index >= 15 is 0 Å². The first-order chi connectivity index (χ1) is 27.7. The summed E-state index contributed by atoms with van der Waals surface area (Å²) in [6.45, 7) is 7.01. The first kappa shape index (κ1) is 44.2. The lowest BCUT2D eigenvalue weighted by Gasteiger charge is -2.34. The molecule has 0 radical (unpaired) electrons. The molecule has 2 aliphatic heterocycles. The second kappa shape index (κ2) is 17.0. The van der Waals surface area contributed by atoms with Gasteiger partial charge < -0.3 is 29.7 Å². The summed E-state index contributed by atoms with van der Waals surface area (Å²) < 4.78 is 86.3. The van der Waals surface area contributed by atoms with Gasteiger partial charge in [-0.1, -0.05) is 50.6 Å². The molecule has 0 spiro atoms. The summed E-state index contributed by atoms with van der Waals surface area (Å²) in [4.78, 5) is 62.0. The monoisotopic (exact) mass is 869 g/mol. The number of benzene rings is 1. The highest BCUT2D eigenvalue weighted by Crippen LogP contribution is 2.46. The van der Waals surface area contributed by atoms with Gasteiger partial charge in [0.1, 0.15) is 23.7 Å². The molecule has 7 atom stereocenters. The fourth-order valence-corrected chi connectivity index (χ4v) is 9.25. The molecule has 4 amide bonds. The number of sulfonamides is 1. The molecule has 6 rings (SSSR count). The summed E-state index contributed by atoms with van der Waals surface area (Å²) >= 11 is 6.55. The number of aromatic nitrogens is 1. The van der Waals surface area contributed by atoms with Crippen molar-refractivity contribution < 1.29 is 55.0 Å². The number of pyridine rings is 1. The molecule has 14 nitrogen and oxygen atoms in total. The zero-order chi connectivity index (χ0) is 43.1. The predicted molar refractivity (Wildman–Crippen MR) is 211 cm³/mol. The Labute approximate surface area is 346 Å². The van der Waals surface area contributed by atoms with Gasteiger partial charge in [0.05, 0.1) is 18.4 Å². The van der Waals surface area contributed by atoms with Crippen LogP contribution in [0.1, 0.15) is 86.0 Å². The Morgan fingerprint density at radius 2 is 1.83 bits per heavy atom. The summed E-state index contributed by atoms with van der Waals surface area (Å²) in [5.74, 6) is -3.43. The number of hydrogen-bond acceptors (Lipinski definition) is 10. The maximum Gasteiger partial charge on any atom is 0.427 e. The van der Waals surface area contributed by atoms with Gasteiger partial charge in [-0.3, -0.25) is 19.1 Å². The molecule has 1 aromatic carbocycles. The summed E-state index contributed by atoms with van der Waals surface area (Å²) in [6, 6.07) is 3.98. The van der Waals surface area contributed by atoms with E-state index < -0.39 is 86.4 Å². The number of fused-ring (bicyclic) bond motifs is 3. The number of carbonyl (C=O) groups is 4. The third-order valence-electron chi connectivity index (χ3n) is 11.4. The predicted octanol–water partition coefficient (Wildman–Crippen LogP) is 5.96. The number of hydrogen-bond donors (Lipinski definition) is 3. The number of rotatable bonds is 10. The Morgan fingerprint density at radius 3 is 2.51 bits per heavy atom. The van der Waals surface area contributed by atoms with Crippen molar-refractivity contribution in [1.82, 2.24) is 25.2 Å². The van der Waals surface area contributed by atoms with Crippen LogP contribution in [0.25, 0.3) is 10.8 Å². The Kier molecular flexibility index (Phi) is 12.7. The van der Waals surface area contributed by atoms with Gasteiger partial charge in [-0.2, -0.15) is 18.2 Å². The lowest BCUT2D eigenvalue weighted by molar-refractivity contribution is -0.244. The molecule has 1 aromatic heterocycles. The van der Waals surface area contributed by atoms with Crippen molar-refractivity contribution in [1.29, 1.82) is 0 Å². The minimum Gasteiger partial charge on any atom is -0.478 e. The molecule has 0 bridgehead atoms. The van der Waals surface area contributed by atoms with Crippen LogP contribution in [0, 0.1) is 17.8 Å². The lowest BCUT2D eigenvalue weighted by atomic mass is 9.88. The second-order valence-corrected chi connectivity index (χ2v) is 19.1. The average Bonchev–Trinajstić information content (AvgIpc) is 4.07. The Balaban J connectivity index is 1.37. The highest BCUT2D eigenvalue weighted by atomic mass is 35.5. The Bertz CT molecular complexity index is 2100. The van der Waals surface area contributed by atoms with Crippen molar-refractivity contribution in [3.05, 3.63) is 41.4 Å². The smallest absolute Gasteiger partial charge is 0.427 e. The van der Waals surface area contributed by atoms with E-state index in [1.807, 2.05) is 19.9 Å². The fourth-order valence-electron chi connectivity index (χ4n) is 7.66. The van der Waals surface area contributed by atoms with Gasteiger partial charge in [0.25, 0.3) is 5.91 Å². The molecule has 3 fully saturated rings.